The summed E-state index contributed by atoms with van der Waals surface area (Å²) in [6.45, 7) is 13.1. The molecule has 69 heavy (non-hydrogen) atoms. The molecule has 28 heteroatoms. The van der Waals surface area contributed by atoms with E-state index < -0.39 is 84.5 Å². The molecule has 2 N–H and O–H groups in total. The molecule has 2 heterocycles. The number of aliphatic carboxylic acids is 6. The molecule has 0 amide bonds. The summed E-state index contributed by atoms with van der Waals surface area (Å²) in [6.07, 6.45) is -2.41. The Hall–Kier alpha value is -1.67. The van der Waals surface area contributed by atoms with Crippen LogP contribution < -0.4 is 51.5 Å². The zero-order valence-corrected chi connectivity index (χ0v) is 44.8. The first-order valence-corrected chi connectivity index (χ1v) is 22.1. The number of carboxylic acids is 6. The molecular weight excluding hydrogens is 1200 g/mol. The number of carbonyl (C=O) groups excluding carboxylic acids is 8. The Labute approximate surface area is 469 Å². The van der Waals surface area contributed by atoms with Crippen LogP contribution in [0.4, 0.5) is 0 Å². The topological polar surface area (TPSA) is 371 Å². The Balaban J connectivity index is -0.00000706. The molecule has 0 bridgehead atoms. The summed E-state index contributed by atoms with van der Waals surface area (Å²) >= 11 is 0. The minimum atomic E-state index is -1.49. The second kappa shape index (κ2) is 38.9. The van der Waals surface area contributed by atoms with Gasteiger partial charge in [-0.05, 0) is 27.7 Å². The smallest absolute Gasteiger partial charge is 0.841 e. The Kier molecular flexibility index (Phi) is 40.3. The Morgan fingerprint density at radius 3 is 0.696 bits per heavy atom. The van der Waals surface area contributed by atoms with Crippen molar-refractivity contribution in [2.75, 3.05) is 124 Å². The van der Waals surface area contributed by atoms with Gasteiger partial charge < -0.3 is 99.6 Å². The zero-order valence-electron chi connectivity index (χ0n) is 40.3. The molecule has 8 unspecified atom stereocenters. The van der Waals surface area contributed by atoms with Crippen LogP contribution in [0.25, 0.3) is 0 Å². The SMILES string of the molecule is C=O.C=O.CC([O-])N1CCN(C(C)C(=O)[O-])CCN(C(CNCNCC(C(=O)[O-])N2CCN(C(C)[O-])CCN(C(C)C(=O)[O-])CCN(C(C)C(=O)[O-])CC2)C(=O)[O-])CCN(C(C)C(=O)[O-])CC1.[Gd+3].[Gd+3]. The van der Waals surface area contributed by atoms with Crippen LogP contribution in [0.3, 0.4) is 0 Å². The van der Waals surface area contributed by atoms with Crippen LogP contribution in [-0.4, -0.2) is 262 Å². The van der Waals surface area contributed by atoms with Gasteiger partial charge in [-0.25, -0.2) is 0 Å². The van der Waals surface area contributed by atoms with E-state index in [1.807, 2.05) is 13.6 Å². The summed E-state index contributed by atoms with van der Waals surface area (Å²) in [5, 5.41) is 104. The summed E-state index contributed by atoms with van der Waals surface area (Å²) < 4.78 is 0. The number of nitrogens with one attached hydrogen (secondary N) is 2. The van der Waals surface area contributed by atoms with E-state index in [2.05, 4.69) is 10.6 Å². The second-order valence-electron chi connectivity index (χ2n) is 16.2. The minimum Gasteiger partial charge on any atom is -0.841 e. The summed E-state index contributed by atoms with van der Waals surface area (Å²) in [5.74, 6) is -8.42. The van der Waals surface area contributed by atoms with Gasteiger partial charge in [0, 0.05) is 149 Å². The van der Waals surface area contributed by atoms with Gasteiger partial charge in [-0.1, -0.05) is 26.3 Å². The Morgan fingerprint density at radius 2 is 0.536 bits per heavy atom. The molecule has 0 aromatic carbocycles. The van der Waals surface area contributed by atoms with Crippen molar-refractivity contribution in [3.8, 4) is 0 Å². The van der Waals surface area contributed by atoms with Crippen LogP contribution in [0.1, 0.15) is 41.5 Å². The van der Waals surface area contributed by atoms with E-state index in [0.29, 0.717) is 0 Å². The molecule has 0 aromatic rings. The fraction of sp³-hybridized carbons (Fsp3) is 0.805. The van der Waals surface area contributed by atoms with Crippen LogP contribution >= 0.6 is 0 Å². The van der Waals surface area contributed by atoms with Crippen LogP contribution in [0.15, 0.2) is 0 Å². The third kappa shape index (κ3) is 26.2. The normalized spacial score (nSPS) is 21.3. The average molecular weight is 1270 g/mol. The first kappa shape index (κ1) is 71.6. The number of hydrogen-bond donors (Lipinski definition) is 2. The van der Waals surface area contributed by atoms with Crippen molar-refractivity contribution in [3.63, 3.8) is 0 Å². The van der Waals surface area contributed by atoms with Crippen molar-refractivity contribution in [2.24, 2.45) is 0 Å². The maximum atomic E-state index is 12.7. The van der Waals surface area contributed by atoms with Crippen molar-refractivity contribution >= 4 is 49.4 Å². The number of nitrogens with zero attached hydrogens (tertiary/aromatic N) is 8. The van der Waals surface area contributed by atoms with E-state index in [9.17, 15) is 69.6 Å². The van der Waals surface area contributed by atoms with Gasteiger partial charge in [0.25, 0.3) is 0 Å². The molecule has 2 radical (unpaired) electrons. The van der Waals surface area contributed by atoms with Crippen molar-refractivity contribution in [2.45, 2.75) is 90.2 Å². The largest absolute Gasteiger partial charge is 3.00 e. The molecule has 0 saturated carbocycles. The van der Waals surface area contributed by atoms with E-state index in [1.54, 1.807) is 19.6 Å². The second-order valence-corrected chi connectivity index (χ2v) is 16.2. The van der Waals surface area contributed by atoms with Gasteiger partial charge >= 0.3 is 79.9 Å². The molecule has 398 valence electrons. The maximum absolute atomic E-state index is 12.7. The molecular formula is C41H70Gd2N10O16-2. The van der Waals surface area contributed by atoms with Crippen LogP contribution in [-0.2, 0) is 38.4 Å². The third-order valence-corrected chi connectivity index (χ3v) is 12.3. The molecule has 2 aliphatic rings. The summed E-state index contributed by atoms with van der Waals surface area (Å²) in [5.41, 5.74) is 0. The first-order chi connectivity index (χ1) is 31.6. The third-order valence-electron chi connectivity index (χ3n) is 12.3. The summed E-state index contributed by atoms with van der Waals surface area (Å²) in [4.78, 5) is 101. The monoisotopic (exact) mass is 1270 g/mol. The number of carboxylic acid groups (broad SMARTS) is 6. The molecule has 0 spiro atoms. The Morgan fingerprint density at radius 1 is 0.362 bits per heavy atom. The van der Waals surface area contributed by atoms with Crippen molar-refractivity contribution in [1.82, 2.24) is 49.8 Å². The number of carbonyl (C=O) groups is 8. The molecule has 2 aliphatic heterocycles. The fourth-order valence-corrected chi connectivity index (χ4v) is 7.67. The van der Waals surface area contributed by atoms with E-state index in [0.717, 1.165) is 0 Å². The van der Waals surface area contributed by atoms with Gasteiger partial charge in [0.1, 0.15) is 13.6 Å². The molecule has 0 aliphatic carbocycles. The van der Waals surface area contributed by atoms with E-state index in [1.165, 1.54) is 61.1 Å². The van der Waals surface area contributed by atoms with Gasteiger partial charge in [-0.3, -0.25) is 29.4 Å². The molecule has 2 rings (SSSR count). The molecule has 8 atom stereocenters. The van der Waals surface area contributed by atoms with Crippen molar-refractivity contribution in [3.05, 3.63) is 0 Å². The van der Waals surface area contributed by atoms with E-state index in [4.69, 9.17) is 9.59 Å². The van der Waals surface area contributed by atoms with Gasteiger partial charge in [-0.15, -0.1) is 0 Å². The van der Waals surface area contributed by atoms with Gasteiger partial charge in [0.15, 0.2) is 0 Å². The molecule has 2 fully saturated rings. The Bertz CT molecular complexity index is 1480. The summed E-state index contributed by atoms with van der Waals surface area (Å²) in [7, 11) is 0. The van der Waals surface area contributed by atoms with Gasteiger partial charge in [0.2, 0.25) is 0 Å². The van der Waals surface area contributed by atoms with E-state index in [-0.39, 0.29) is 204 Å². The van der Waals surface area contributed by atoms with E-state index >= 15 is 0 Å². The standard InChI is InChI=1S/C39H72N10O14.2CH2O.2Gd/c1-26(34(52)53)42-7-8-43(27(2)35(54)55)12-21-49(22-18-47(17-9-42)31(6)51)33(39(62)63)24-41-25-40-23-32(38(60)61)48-19-13-44(28(3)36(56)57)10-15-46(30(5)50)16-11-45(14-20-48)29(4)37(58)59;2*1-2;;/h26-33,40-41H,7-25H2,1-6H3,(H,52,53)(H,54,55)(H,56,57)(H,58,59)(H,60,61)(H,62,63);2*1H2;;/q-2;;;2*+3/p-6. The minimum absolute atomic E-state index is 0. The van der Waals surface area contributed by atoms with Crippen LogP contribution in [0, 0.1) is 79.9 Å². The predicted octanol–water partition coefficient (Wildman–Crippen LogP) is -13.6. The summed E-state index contributed by atoms with van der Waals surface area (Å²) in [6, 6.07) is -6.98. The van der Waals surface area contributed by atoms with Crippen molar-refractivity contribution < 1.29 is 159 Å². The first-order valence-electron chi connectivity index (χ1n) is 22.1. The molecule has 2 saturated heterocycles. The predicted molar refractivity (Wildman–Crippen MR) is 222 cm³/mol. The average Bonchev–Trinajstić information content (AvgIpc) is 3.27. The van der Waals surface area contributed by atoms with Crippen molar-refractivity contribution in [1.29, 1.82) is 0 Å². The number of rotatable bonds is 20. The quantitative estimate of drug-likeness (QED) is 0.0844. The zero-order chi connectivity index (χ0) is 51.6. The fourth-order valence-electron chi connectivity index (χ4n) is 7.67. The maximum Gasteiger partial charge on any atom is 3.00 e. The van der Waals surface area contributed by atoms with Gasteiger partial charge in [-0.2, -0.15) is 0 Å². The van der Waals surface area contributed by atoms with Crippen LogP contribution in [0.5, 0.6) is 0 Å². The van der Waals surface area contributed by atoms with Crippen LogP contribution in [0.2, 0.25) is 0 Å². The number of hydrogen-bond acceptors (Lipinski definition) is 26. The van der Waals surface area contributed by atoms with Gasteiger partial charge in [0.05, 0.1) is 47.9 Å². The molecule has 0 aromatic heterocycles. The molecule has 26 nitrogen and oxygen atoms in total.